The van der Waals surface area contributed by atoms with Crippen molar-refractivity contribution in [2.24, 2.45) is 0 Å². The first kappa shape index (κ1) is 19.0. The number of rotatable bonds is 6. The number of carbonyl (C=O) groups is 1. The highest BCUT2D eigenvalue weighted by Crippen LogP contribution is 2.35. The standard InChI is InChI=1S/C20H21ClN2O2/c1-3-4-18(15(2)13-22)19(24)23-14-20(9-11-25-12-10-20)16-5-7-17(21)8-6-16/h3-8H,1-2,9-12,14H2,(H,23,24)/b18-4+. The Hall–Kier alpha value is -2.35. The third-order valence-electron chi connectivity index (χ3n) is 4.48. The molecule has 1 saturated heterocycles. The molecule has 0 radical (unpaired) electrons. The van der Waals surface area contributed by atoms with Gasteiger partial charge in [0.25, 0.3) is 5.91 Å². The molecule has 1 aliphatic rings. The lowest BCUT2D eigenvalue weighted by molar-refractivity contribution is -0.117. The molecule has 130 valence electrons. The quantitative estimate of drug-likeness (QED) is 0.480. The summed E-state index contributed by atoms with van der Waals surface area (Å²) in [6.45, 7) is 8.93. The lowest BCUT2D eigenvalue weighted by atomic mass is 9.74. The number of hydrogen-bond acceptors (Lipinski definition) is 3. The van der Waals surface area contributed by atoms with Crippen LogP contribution in [-0.2, 0) is 14.9 Å². The Morgan fingerprint density at radius 3 is 2.56 bits per heavy atom. The maximum atomic E-state index is 12.5. The molecule has 0 aliphatic carbocycles. The second-order valence-electron chi connectivity index (χ2n) is 5.99. The Morgan fingerprint density at radius 2 is 2.00 bits per heavy atom. The van der Waals surface area contributed by atoms with E-state index in [4.69, 9.17) is 21.6 Å². The first-order valence-electron chi connectivity index (χ1n) is 8.06. The molecule has 0 atom stereocenters. The number of halogens is 1. The van der Waals surface area contributed by atoms with Gasteiger partial charge in [-0.05, 0) is 36.6 Å². The first-order valence-corrected chi connectivity index (χ1v) is 8.44. The van der Waals surface area contributed by atoms with Gasteiger partial charge in [-0.2, -0.15) is 5.26 Å². The van der Waals surface area contributed by atoms with Crippen molar-refractivity contribution >= 4 is 17.5 Å². The first-order chi connectivity index (χ1) is 12.0. The molecule has 1 amide bonds. The zero-order chi connectivity index (χ0) is 18.3. The maximum Gasteiger partial charge on any atom is 0.252 e. The molecule has 1 heterocycles. The van der Waals surface area contributed by atoms with Crippen LogP contribution in [0.2, 0.25) is 5.02 Å². The van der Waals surface area contributed by atoms with E-state index in [-0.39, 0.29) is 22.5 Å². The highest BCUT2D eigenvalue weighted by atomic mass is 35.5. The van der Waals surface area contributed by atoms with Gasteiger partial charge in [-0.25, -0.2) is 0 Å². The number of hydrogen-bond donors (Lipinski definition) is 1. The Labute approximate surface area is 153 Å². The molecule has 2 rings (SSSR count). The van der Waals surface area contributed by atoms with Gasteiger partial charge < -0.3 is 10.1 Å². The summed E-state index contributed by atoms with van der Waals surface area (Å²) in [7, 11) is 0. The summed E-state index contributed by atoms with van der Waals surface area (Å²) in [5.74, 6) is -0.328. The molecule has 25 heavy (non-hydrogen) atoms. The van der Waals surface area contributed by atoms with E-state index in [2.05, 4.69) is 18.5 Å². The summed E-state index contributed by atoms with van der Waals surface area (Å²) in [6.07, 6.45) is 4.57. The van der Waals surface area contributed by atoms with Crippen LogP contribution < -0.4 is 5.32 Å². The minimum atomic E-state index is -0.328. The number of carbonyl (C=O) groups excluding carboxylic acids is 1. The molecule has 4 nitrogen and oxygen atoms in total. The number of allylic oxidation sites excluding steroid dienone is 2. The molecule has 0 saturated carbocycles. The van der Waals surface area contributed by atoms with Gasteiger partial charge in [0.15, 0.2) is 0 Å². The molecule has 0 spiro atoms. The van der Waals surface area contributed by atoms with Crippen LogP contribution in [0, 0.1) is 11.3 Å². The van der Waals surface area contributed by atoms with Gasteiger partial charge in [0.2, 0.25) is 0 Å². The summed E-state index contributed by atoms with van der Waals surface area (Å²) in [5.41, 5.74) is 1.25. The Bertz CT molecular complexity index is 723. The fraction of sp³-hybridized carbons (Fsp3) is 0.300. The van der Waals surface area contributed by atoms with Crippen LogP contribution in [0.4, 0.5) is 0 Å². The lowest BCUT2D eigenvalue weighted by Crippen LogP contribution is -2.45. The second-order valence-corrected chi connectivity index (χ2v) is 6.43. The molecule has 0 bridgehead atoms. The molecule has 1 aromatic rings. The summed E-state index contributed by atoms with van der Waals surface area (Å²) >= 11 is 6.00. The Balaban J connectivity index is 2.21. The smallest absolute Gasteiger partial charge is 0.252 e. The zero-order valence-corrected chi connectivity index (χ0v) is 14.8. The minimum Gasteiger partial charge on any atom is -0.381 e. The second kappa shape index (κ2) is 8.66. The van der Waals surface area contributed by atoms with Crippen LogP contribution in [0.15, 0.2) is 60.7 Å². The van der Waals surface area contributed by atoms with E-state index in [9.17, 15) is 4.79 Å². The van der Waals surface area contributed by atoms with Crippen molar-refractivity contribution < 1.29 is 9.53 Å². The van der Waals surface area contributed by atoms with Crippen molar-refractivity contribution in [3.05, 3.63) is 71.3 Å². The Kier molecular flexibility index (Phi) is 6.58. The van der Waals surface area contributed by atoms with Gasteiger partial charge in [-0.3, -0.25) is 4.79 Å². The SMILES string of the molecule is C=C/C=C(\C(=C)C#N)C(=O)NCC1(c2ccc(Cl)cc2)CCOCC1. The average Bonchev–Trinajstić information content (AvgIpc) is 2.65. The number of nitriles is 1. The molecule has 1 aliphatic heterocycles. The van der Waals surface area contributed by atoms with Crippen LogP contribution >= 0.6 is 11.6 Å². The predicted molar refractivity (Wildman–Crippen MR) is 99.2 cm³/mol. The van der Waals surface area contributed by atoms with E-state index in [1.165, 1.54) is 12.2 Å². The fourth-order valence-corrected chi connectivity index (χ4v) is 3.10. The van der Waals surface area contributed by atoms with Gasteiger partial charge in [-0.1, -0.05) is 43.0 Å². The van der Waals surface area contributed by atoms with Gasteiger partial charge >= 0.3 is 0 Å². The van der Waals surface area contributed by atoms with Crippen LogP contribution in [0.25, 0.3) is 0 Å². The van der Waals surface area contributed by atoms with E-state index < -0.39 is 0 Å². The maximum absolute atomic E-state index is 12.5. The number of nitrogens with one attached hydrogen (secondary N) is 1. The van der Waals surface area contributed by atoms with Crippen LogP contribution in [0.3, 0.4) is 0 Å². The van der Waals surface area contributed by atoms with Crippen molar-refractivity contribution in [1.29, 1.82) is 5.26 Å². The van der Waals surface area contributed by atoms with Crippen molar-refractivity contribution in [3.63, 3.8) is 0 Å². The van der Waals surface area contributed by atoms with Crippen molar-refractivity contribution in [1.82, 2.24) is 5.32 Å². The van der Waals surface area contributed by atoms with Gasteiger partial charge in [0.05, 0.1) is 17.2 Å². The monoisotopic (exact) mass is 356 g/mol. The van der Waals surface area contributed by atoms with E-state index in [1.54, 1.807) is 0 Å². The molecule has 0 unspecified atom stereocenters. The Morgan fingerprint density at radius 1 is 1.36 bits per heavy atom. The van der Waals surface area contributed by atoms with Crippen molar-refractivity contribution in [3.8, 4) is 6.07 Å². The van der Waals surface area contributed by atoms with Crippen LogP contribution in [0.5, 0.6) is 0 Å². The van der Waals surface area contributed by atoms with Crippen LogP contribution in [0.1, 0.15) is 18.4 Å². The largest absolute Gasteiger partial charge is 0.381 e. The van der Waals surface area contributed by atoms with Gasteiger partial charge in [0, 0.05) is 30.2 Å². The fourth-order valence-electron chi connectivity index (χ4n) is 2.97. The molecule has 5 heteroatoms. The summed E-state index contributed by atoms with van der Waals surface area (Å²) in [6, 6.07) is 9.61. The average molecular weight is 357 g/mol. The van der Waals surface area contributed by atoms with E-state index in [0.29, 0.717) is 24.8 Å². The van der Waals surface area contributed by atoms with E-state index >= 15 is 0 Å². The highest BCUT2D eigenvalue weighted by molar-refractivity contribution is 6.30. The van der Waals surface area contributed by atoms with Crippen molar-refractivity contribution in [2.45, 2.75) is 18.3 Å². The molecule has 1 aromatic carbocycles. The lowest BCUT2D eigenvalue weighted by Gasteiger charge is -2.38. The molecule has 1 fully saturated rings. The van der Waals surface area contributed by atoms with Crippen molar-refractivity contribution in [2.75, 3.05) is 19.8 Å². The van der Waals surface area contributed by atoms with Crippen LogP contribution in [-0.4, -0.2) is 25.7 Å². The molecule has 0 aromatic heterocycles. The number of amides is 1. The topological polar surface area (TPSA) is 62.1 Å². The van der Waals surface area contributed by atoms with Gasteiger partial charge in [-0.15, -0.1) is 0 Å². The normalized spacial score (nSPS) is 16.6. The summed E-state index contributed by atoms with van der Waals surface area (Å²) in [5, 5.41) is 12.6. The summed E-state index contributed by atoms with van der Waals surface area (Å²) < 4.78 is 5.50. The van der Waals surface area contributed by atoms with E-state index in [1.807, 2.05) is 30.3 Å². The predicted octanol–water partition coefficient (Wildman–Crippen LogP) is 3.70. The molecular weight excluding hydrogens is 336 g/mol. The highest BCUT2D eigenvalue weighted by Gasteiger charge is 2.35. The number of benzene rings is 1. The third-order valence-corrected chi connectivity index (χ3v) is 4.74. The van der Waals surface area contributed by atoms with Gasteiger partial charge in [0.1, 0.15) is 0 Å². The zero-order valence-electron chi connectivity index (χ0n) is 14.1. The molecular formula is C20H21ClN2O2. The number of ether oxygens (including phenoxy) is 1. The van der Waals surface area contributed by atoms with E-state index in [0.717, 1.165) is 18.4 Å². The summed E-state index contributed by atoms with van der Waals surface area (Å²) in [4.78, 5) is 12.5. The minimum absolute atomic E-state index is 0.116. The third kappa shape index (κ3) is 4.60. The molecule has 1 N–H and O–H groups in total. The number of nitrogens with zero attached hydrogens (tertiary/aromatic N) is 1.